The van der Waals surface area contributed by atoms with Gasteiger partial charge in [0, 0.05) is 18.7 Å². The number of piperidine rings is 1. The van der Waals surface area contributed by atoms with Gasteiger partial charge in [-0.3, -0.25) is 25.3 Å². The molecule has 3 N–H and O–H groups in total. The molecule has 2 saturated heterocycles. The predicted octanol–water partition coefficient (Wildman–Crippen LogP) is 2.87. The van der Waals surface area contributed by atoms with Crippen molar-refractivity contribution in [1.29, 1.82) is 0 Å². The van der Waals surface area contributed by atoms with Crippen LogP contribution in [0.25, 0.3) is 0 Å². The van der Waals surface area contributed by atoms with Crippen molar-refractivity contribution in [3.8, 4) is 0 Å². The van der Waals surface area contributed by atoms with E-state index in [2.05, 4.69) is 16.2 Å². The van der Waals surface area contributed by atoms with E-state index in [1.54, 1.807) is 45.0 Å². The summed E-state index contributed by atoms with van der Waals surface area (Å²) in [5.74, 6) is -0.965. The topological polar surface area (TPSA) is 129 Å². The first kappa shape index (κ1) is 26.9. The molecule has 5 amide bonds. The Morgan fingerprint density at radius 3 is 2.34 bits per heavy atom. The predicted molar refractivity (Wildman–Crippen MR) is 137 cm³/mol. The number of alkyl carbamates (subject to hydrolysis) is 1. The van der Waals surface area contributed by atoms with E-state index in [0.29, 0.717) is 24.9 Å². The lowest BCUT2D eigenvalue weighted by atomic mass is 10.0. The van der Waals surface area contributed by atoms with Crippen molar-refractivity contribution in [2.75, 3.05) is 6.54 Å². The standard InChI is InChI=1S/C27H33N5O6/c1-27(2,3)38-25(35)28-15-18-9-11-20(12-10-18)23(33)29-30-24(34)22-14-13-21-16-31(22)26(36)32(21)37-17-19-7-5-4-6-8-19/h4-12,21-22H,13-17H2,1-3H3,(H,28,35)(H,29,33)(H,30,34)/t21-,22+/m1/s1. The third kappa shape index (κ3) is 6.80. The number of nitrogens with one attached hydrogen (secondary N) is 3. The largest absolute Gasteiger partial charge is 0.444 e. The van der Waals surface area contributed by atoms with Crippen molar-refractivity contribution in [2.45, 2.75) is 64.4 Å². The normalized spacial score (nSPS) is 18.7. The van der Waals surface area contributed by atoms with E-state index < -0.39 is 29.6 Å². The number of rotatable bonds is 7. The van der Waals surface area contributed by atoms with E-state index in [9.17, 15) is 19.2 Å². The van der Waals surface area contributed by atoms with Crippen molar-refractivity contribution in [1.82, 2.24) is 26.1 Å². The highest BCUT2D eigenvalue weighted by molar-refractivity contribution is 5.96. The number of amides is 5. The molecule has 2 aliphatic rings. The highest BCUT2D eigenvalue weighted by Gasteiger charge is 2.48. The van der Waals surface area contributed by atoms with Gasteiger partial charge in [-0.2, -0.15) is 5.06 Å². The second-order valence-corrected chi connectivity index (χ2v) is 10.3. The van der Waals surface area contributed by atoms with E-state index in [1.807, 2.05) is 30.3 Å². The Morgan fingerprint density at radius 1 is 0.947 bits per heavy atom. The van der Waals surface area contributed by atoms with Gasteiger partial charge in [0.05, 0.1) is 6.04 Å². The molecular formula is C27H33N5O6. The third-order valence-corrected chi connectivity index (χ3v) is 6.19. The summed E-state index contributed by atoms with van der Waals surface area (Å²) in [5.41, 5.74) is 6.31. The molecule has 38 heavy (non-hydrogen) atoms. The molecule has 2 fully saturated rings. The number of nitrogens with zero attached hydrogens (tertiary/aromatic N) is 2. The second-order valence-electron chi connectivity index (χ2n) is 10.3. The SMILES string of the molecule is CC(C)(C)OC(=O)NCc1ccc(C(=O)NNC(=O)[C@@H]2CC[C@@H]3CN2C(=O)N3OCc2ccccc2)cc1. The number of hydrazine groups is 1. The average molecular weight is 524 g/mol. The molecule has 0 spiro atoms. The Kier molecular flexibility index (Phi) is 8.16. The lowest BCUT2D eigenvalue weighted by Crippen LogP contribution is -2.54. The molecule has 4 rings (SSSR count). The zero-order valence-corrected chi connectivity index (χ0v) is 21.7. The van der Waals surface area contributed by atoms with Gasteiger partial charge in [-0.05, 0) is 56.9 Å². The summed E-state index contributed by atoms with van der Waals surface area (Å²) in [6.45, 7) is 6.24. The van der Waals surface area contributed by atoms with Gasteiger partial charge in [0.15, 0.2) is 0 Å². The molecule has 0 saturated carbocycles. The zero-order valence-electron chi connectivity index (χ0n) is 21.7. The van der Waals surface area contributed by atoms with Crippen molar-refractivity contribution >= 4 is 23.9 Å². The minimum Gasteiger partial charge on any atom is -0.444 e. The lowest BCUT2D eigenvalue weighted by molar-refractivity contribution is -0.140. The van der Waals surface area contributed by atoms with Crippen LogP contribution >= 0.6 is 0 Å². The first-order chi connectivity index (χ1) is 18.1. The maximum absolute atomic E-state index is 12.9. The van der Waals surface area contributed by atoms with Crippen LogP contribution in [0.1, 0.15) is 55.1 Å². The smallest absolute Gasteiger partial charge is 0.407 e. The van der Waals surface area contributed by atoms with Crippen LogP contribution in [0.5, 0.6) is 0 Å². The zero-order chi connectivity index (χ0) is 27.3. The third-order valence-electron chi connectivity index (χ3n) is 6.19. The summed E-state index contributed by atoms with van der Waals surface area (Å²) in [6.07, 6.45) is 0.545. The van der Waals surface area contributed by atoms with Crippen molar-refractivity contribution in [3.63, 3.8) is 0 Å². The van der Waals surface area contributed by atoms with Crippen LogP contribution in [0.2, 0.25) is 0 Å². The Hall–Kier alpha value is -4.12. The van der Waals surface area contributed by atoms with Gasteiger partial charge < -0.3 is 15.0 Å². The number of carbonyl (C=O) groups excluding carboxylic acids is 4. The van der Waals surface area contributed by atoms with Crippen LogP contribution in [0, 0.1) is 0 Å². The Bertz CT molecular complexity index is 1160. The molecule has 2 aromatic carbocycles. The summed E-state index contributed by atoms with van der Waals surface area (Å²) in [6, 6.07) is 14.9. The van der Waals surface area contributed by atoms with E-state index in [4.69, 9.17) is 9.57 Å². The van der Waals surface area contributed by atoms with Crippen LogP contribution in [0.15, 0.2) is 54.6 Å². The second kappa shape index (κ2) is 11.5. The molecule has 11 nitrogen and oxygen atoms in total. The van der Waals surface area contributed by atoms with Crippen LogP contribution in [0.4, 0.5) is 9.59 Å². The number of hydrogen-bond donors (Lipinski definition) is 3. The minimum atomic E-state index is -0.703. The van der Waals surface area contributed by atoms with E-state index >= 15 is 0 Å². The highest BCUT2D eigenvalue weighted by atomic mass is 16.7. The molecule has 0 unspecified atom stereocenters. The molecule has 2 atom stereocenters. The molecule has 2 bridgehead atoms. The van der Waals surface area contributed by atoms with Gasteiger partial charge in [-0.25, -0.2) is 9.59 Å². The van der Waals surface area contributed by atoms with Crippen LogP contribution in [-0.2, 0) is 27.5 Å². The van der Waals surface area contributed by atoms with Crippen LogP contribution < -0.4 is 16.2 Å². The number of hydroxylamine groups is 2. The maximum Gasteiger partial charge on any atom is 0.407 e. The Labute approximate surface area is 221 Å². The molecule has 202 valence electrons. The van der Waals surface area contributed by atoms with Crippen LogP contribution in [0.3, 0.4) is 0 Å². The fourth-order valence-corrected chi connectivity index (χ4v) is 4.33. The first-order valence-corrected chi connectivity index (χ1v) is 12.5. The van der Waals surface area contributed by atoms with Gasteiger partial charge in [-0.1, -0.05) is 42.5 Å². The summed E-state index contributed by atoms with van der Waals surface area (Å²) in [4.78, 5) is 57.3. The number of benzene rings is 2. The first-order valence-electron chi connectivity index (χ1n) is 12.5. The van der Waals surface area contributed by atoms with E-state index in [0.717, 1.165) is 11.1 Å². The Balaban J connectivity index is 1.24. The monoisotopic (exact) mass is 523 g/mol. The van der Waals surface area contributed by atoms with E-state index in [1.165, 1.54) is 9.96 Å². The fraction of sp³-hybridized carbons (Fsp3) is 0.407. The molecule has 11 heteroatoms. The molecule has 0 aliphatic carbocycles. The number of hydrogen-bond acceptors (Lipinski definition) is 6. The molecule has 2 aromatic rings. The lowest BCUT2D eigenvalue weighted by Gasteiger charge is -2.29. The summed E-state index contributed by atoms with van der Waals surface area (Å²) in [7, 11) is 0. The van der Waals surface area contributed by atoms with Crippen LogP contribution in [-0.4, -0.2) is 58.1 Å². The van der Waals surface area contributed by atoms with Crippen molar-refractivity contribution in [2.24, 2.45) is 0 Å². The fourth-order valence-electron chi connectivity index (χ4n) is 4.33. The molecular weight excluding hydrogens is 490 g/mol. The minimum absolute atomic E-state index is 0.117. The maximum atomic E-state index is 12.9. The summed E-state index contributed by atoms with van der Waals surface area (Å²) < 4.78 is 5.20. The van der Waals surface area contributed by atoms with E-state index in [-0.39, 0.29) is 25.2 Å². The van der Waals surface area contributed by atoms with Crippen molar-refractivity contribution in [3.05, 3.63) is 71.3 Å². The average Bonchev–Trinajstić information content (AvgIpc) is 3.13. The summed E-state index contributed by atoms with van der Waals surface area (Å²) in [5, 5.41) is 4.01. The number of urea groups is 1. The number of fused-ring (bicyclic) bond motifs is 2. The number of carbonyl (C=O) groups is 4. The van der Waals surface area contributed by atoms with Gasteiger partial charge in [0.1, 0.15) is 18.2 Å². The number of ether oxygens (including phenoxy) is 1. The highest BCUT2D eigenvalue weighted by Crippen LogP contribution is 2.30. The molecule has 2 aliphatic heterocycles. The molecule has 0 aromatic heterocycles. The summed E-state index contributed by atoms with van der Waals surface area (Å²) >= 11 is 0. The Morgan fingerprint density at radius 2 is 1.66 bits per heavy atom. The molecule has 0 radical (unpaired) electrons. The van der Waals surface area contributed by atoms with Gasteiger partial charge >= 0.3 is 12.1 Å². The van der Waals surface area contributed by atoms with Gasteiger partial charge in [0.2, 0.25) is 0 Å². The quantitative estimate of drug-likeness (QED) is 0.479. The van der Waals surface area contributed by atoms with Gasteiger partial charge in [0.25, 0.3) is 11.8 Å². The van der Waals surface area contributed by atoms with Gasteiger partial charge in [-0.15, -0.1) is 0 Å². The molecule has 2 heterocycles. The van der Waals surface area contributed by atoms with Crippen molar-refractivity contribution < 1.29 is 28.8 Å².